The number of rotatable bonds is 5. The molecule has 0 radical (unpaired) electrons. The summed E-state index contributed by atoms with van der Waals surface area (Å²) in [5.41, 5.74) is 1.17. The van der Waals surface area contributed by atoms with Crippen molar-refractivity contribution < 1.29 is 4.42 Å². The molecule has 1 saturated heterocycles. The predicted octanol–water partition coefficient (Wildman–Crippen LogP) is 2.34. The van der Waals surface area contributed by atoms with Gasteiger partial charge < -0.3 is 9.40 Å². The first-order valence-corrected chi connectivity index (χ1v) is 8.32. The zero-order valence-electron chi connectivity index (χ0n) is 13.8. The quantitative estimate of drug-likeness (QED) is 0.916. The largest absolute Gasteiger partial charge is 0.424 e. The molecule has 2 aromatic rings. The minimum absolute atomic E-state index is 0.0381. The van der Waals surface area contributed by atoms with Crippen molar-refractivity contribution in [3.63, 3.8) is 0 Å². The smallest absolute Gasteiger partial charge is 0.247 e. The maximum atomic E-state index is 11.1. The zero-order chi connectivity index (χ0) is 16.2. The highest BCUT2D eigenvalue weighted by Gasteiger charge is 2.21. The van der Waals surface area contributed by atoms with Crippen LogP contribution in [-0.4, -0.2) is 33.2 Å². The van der Waals surface area contributed by atoms with E-state index in [4.69, 9.17) is 4.42 Å². The van der Waals surface area contributed by atoms with E-state index in [1.54, 1.807) is 6.07 Å². The van der Waals surface area contributed by atoms with Crippen LogP contribution in [0.2, 0.25) is 0 Å². The first kappa shape index (κ1) is 15.9. The maximum absolute atomic E-state index is 11.1. The Labute approximate surface area is 135 Å². The van der Waals surface area contributed by atoms with Crippen LogP contribution in [0.5, 0.6) is 0 Å². The summed E-state index contributed by atoms with van der Waals surface area (Å²) in [6.45, 7) is 6.95. The Bertz CT molecular complexity index is 663. The average Bonchev–Trinajstić information content (AvgIpc) is 3.00. The molecule has 2 aromatic heterocycles. The number of likely N-dealkylation sites (tertiary alicyclic amines) is 1. The predicted molar refractivity (Wildman–Crippen MR) is 87.2 cm³/mol. The van der Waals surface area contributed by atoms with E-state index in [0.717, 1.165) is 38.9 Å². The van der Waals surface area contributed by atoms with Gasteiger partial charge in [0.2, 0.25) is 17.3 Å². The van der Waals surface area contributed by atoms with Gasteiger partial charge in [0.25, 0.3) is 0 Å². The third-order valence-electron chi connectivity index (χ3n) is 4.42. The molecule has 23 heavy (non-hydrogen) atoms. The molecule has 1 N–H and O–H groups in total. The second-order valence-corrected chi connectivity index (χ2v) is 6.67. The van der Waals surface area contributed by atoms with Gasteiger partial charge in [0.1, 0.15) is 0 Å². The Balaban J connectivity index is 1.48. The lowest BCUT2D eigenvalue weighted by Crippen LogP contribution is -2.34. The Morgan fingerprint density at radius 3 is 2.70 bits per heavy atom. The van der Waals surface area contributed by atoms with Crippen LogP contribution in [0.3, 0.4) is 0 Å². The number of pyridine rings is 1. The van der Waals surface area contributed by atoms with E-state index in [-0.39, 0.29) is 11.5 Å². The highest BCUT2D eigenvalue weighted by Crippen LogP contribution is 2.22. The van der Waals surface area contributed by atoms with Gasteiger partial charge in [-0.2, -0.15) is 0 Å². The normalized spacial score (nSPS) is 17.0. The van der Waals surface area contributed by atoms with E-state index >= 15 is 0 Å². The molecule has 1 fully saturated rings. The van der Waals surface area contributed by atoms with Gasteiger partial charge in [-0.1, -0.05) is 19.9 Å². The highest BCUT2D eigenvalue weighted by molar-refractivity contribution is 5.09. The van der Waals surface area contributed by atoms with Crippen LogP contribution in [0.25, 0.3) is 0 Å². The molecule has 6 nitrogen and oxygen atoms in total. The van der Waals surface area contributed by atoms with E-state index in [1.165, 1.54) is 5.56 Å². The van der Waals surface area contributed by atoms with Crippen molar-refractivity contribution in [3.8, 4) is 0 Å². The molecule has 0 saturated carbocycles. The van der Waals surface area contributed by atoms with Gasteiger partial charge in [0.05, 0.1) is 6.54 Å². The van der Waals surface area contributed by atoms with E-state index in [0.29, 0.717) is 17.7 Å². The first-order valence-electron chi connectivity index (χ1n) is 8.32. The van der Waals surface area contributed by atoms with Crippen molar-refractivity contribution in [1.82, 2.24) is 20.1 Å². The SMILES string of the molecule is CC(C)c1nnc(CN2CCC(Cc3ccc(=O)[nH]c3)CC2)o1. The van der Waals surface area contributed by atoms with Crippen molar-refractivity contribution in [2.45, 2.75) is 45.6 Å². The number of hydrogen-bond donors (Lipinski definition) is 1. The summed E-state index contributed by atoms with van der Waals surface area (Å²) in [6.07, 6.45) is 5.18. The maximum Gasteiger partial charge on any atom is 0.247 e. The van der Waals surface area contributed by atoms with Crippen LogP contribution in [0.1, 0.15) is 50.0 Å². The molecule has 0 atom stereocenters. The summed E-state index contributed by atoms with van der Waals surface area (Å²) in [5.74, 6) is 2.38. The van der Waals surface area contributed by atoms with Crippen LogP contribution in [0.15, 0.2) is 27.5 Å². The number of piperidine rings is 1. The molecular formula is C17H24N4O2. The topological polar surface area (TPSA) is 75.0 Å². The Morgan fingerprint density at radius 2 is 2.09 bits per heavy atom. The van der Waals surface area contributed by atoms with Crippen LogP contribution in [0.4, 0.5) is 0 Å². The van der Waals surface area contributed by atoms with E-state index in [9.17, 15) is 4.79 Å². The lowest BCUT2D eigenvalue weighted by atomic mass is 9.91. The van der Waals surface area contributed by atoms with Gasteiger partial charge in [0, 0.05) is 18.2 Å². The van der Waals surface area contributed by atoms with Gasteiger partial charge in [-0.05, 0) is 43.8 Å². The van der Waals surface area contributed by atoms with Gasteiger partial charge >= 0.3 is 0 Å². The number of aromatic amines is 1. The van der Waals surface area contributed by atoms with Gasteiger partial charge in [0.15, 0.2) is 0 Å². The Hall–Kier alpha value is -1.95. The molecule has 3 heterocycles. The first-order chi connectivity index (χ1) is 11.1. The summed E-state index contributed by atoms with van der Waals surface area (Å²) >= 11 is 0. The fraction of sp³-hybridized carbons (Fsp3) is 0.588. The lowest BCUT2D eigenvalue weighted by molar-refractivity contribution is 0.162. The molecule has 6 heteroatoms. The van der Waals surface area contributed by atoms with Gasteiger partial charge in [-0.3, -0.25) is 9.69 Å². The van der Waals surface area contributed by atoms with E-state index in [2.05, 4.69) is 33.9 Å². The third kappa shape index (κ3) is 4.28. The van der Waals surface area contributed by atoms with Crippen LogP contribution < -0.4 is 5.56 Å². The minimum Gasteiger partial charge on any atom is -0.424 e. The van der Waals surface area contributed by atoms with Crippen molar-refractivity contribution >= 4 is 0 Å². The molecule has 0 unspecified atom stereocenters. The van der Waals surface area contributed by atoms with Crippen LogP contribution >= 0.6 is 0 Å². The fourth-order valence-corrected chi connectivity index (χ4v) is 3.01. The minimum atomic E-state index is -0.0381. The Kier molecular flexibility index (Phi) is 4.91. The number of nitrogens with zero attached hydrogens (tertiary/aromatic N) is 3. The molecule has 1 aliphatic heterocycles. The van der Waals surface area contributed by atoms with Crippen molar-refractivity contribution in [1.29, 1.82) is 0 Å². The van der Waals surface area contributed by atoms with Crippen LogP contribution in [0, 0.1) is 5.92 Å². The molecule has 0 spiro atoms. The number of H-pyrrole nitrogens is 1. The lowest BCUT2D eigenvalue weighted by Gasteiger charge is -2.31. The fourth-order valence-electron chi connectivity index (χ4n) is 3.01. The summed E-state index contributed by atoms with van der Waals surface area (Å²) in [6, 6.07) is 3.53. The summed E-state index contributed by atoms with van der Waals surface area (Å²) in [7, 11) is 0. The van der Waals surface area contributed by atoms with E-state index < -0.39 is 0 Å². The van der Waals surface area contributed by atoms with Crippen molar-refractivity contribution in [3.05, 3.63) is 46.0 Å². The summed E-state index contributed by atoms with van der Waals surface area (Å²) in [4.78, 5) is 16.2. The molecule has 0 aliphatic carbocycles. The molecule has 1 aliphatic rings. The molecular weight excluding hydrogens is 292 g/mol. The number of hydrogen-bond acceptors (Lipinski definition) is 5. The molecule has 0 aromatic carbocycles. The second kappa shape index (κ2) is 7.08. The highest BCUT2D eigenvalue weighted by atomic mass is 16.4. The molecule has 124 valence electrons. The number of nitrogens with one attached hydrogen (secondary N) is 1. The van der Waals surface area contributed by atoms with Crippen LogP contribution in [-0.2, 0) is 13.0 Å². The second-order valence-electron chi connectivity index (χ2n) is 6.67. The summed E-state index contributed by atoms with van der Waals surface area (Å²) in [5, 5.41) is 8.22. The van der Waals surface area contributed by atoms with Gasteiger partial charge in [-0.25, -0.2) is 0 Å². The number of aromatic nitrogens is 3. The van der Waals surface area contributed by atoms with Crippen molar-refractivity contribution in [2.75, 3.05) is 13.1 Å². The zero-order valence-corrected chi connectivity index (χ0v) is 13.8. The molecule has 3 rings (SSSR count). The van der Waals surface area contributed by atoms with Crippen molar-refractivity contribution in [2.24, 2.45) is 5.92 Å². The monoisotopic (exact) mass is 316 g/mol. The third-order valence-corrected chi connectivity index (χ3v) is 4.42. The summed E-state index contributed by atoms with van der Waals surface area (Å²) < 4.78 is 5.68. The van der Waals surface area contributed by atoms with E-state index in [1.807, 2.05) is 12.3 Å². The average molecular weight is 316 g/mol. The molecule has 0 amide bonds. The standard InChI is InChI=1S/C17H24N4O2/c1-12(2)17-20-19-16(23-17)11-21-7-5-13(6-8-21)9-14-3-4-15(22)18-10-14/h3-4,10,12-13H,5-9,11H2,1-2H3,(H,18,22). The molecule has 0 bridgehead atoms. The Morgan fingerprint density at radius 1 is 1.30 bits per heavy atom. The van der Waals surface area contributed by atoms with Gasteiger partial charge in [-0.15, -0.1) is 10.2 Å².